The number of hydrogen-bond acceptors (Lipinski definition) is 4. The number of carbonyl (C=O) groups is 2. The van der Waals surface area contributed by atoms with Crippen LogP contribution in [0.3, 0.4) is 0 Å². The van der Waals surface area contributed by atoms with E-state index in [4.69, 9.17) is 23.2 Å². The van der Waals surface area contributed by atoms with Crippen LogP contribution in [-0.4, -0.2) is 43.8 Å². The maximum atomic E-state index is 14.3. The van der Waals surface area contributed by atoms with Crippen LogP contribution in [0.4, 0.5) is 5.69 Å². The molecular formula is C32H36BrCl2N3O4S. The van der Waals surface area contributed by atoms with Crippen molar-refractivity contribution in [1.29, 1.82) is 0 Å². The first kappa shape index (κ1) is 33.3. The number of hydrogen-bond donors (Lipinski definition) is 1. The van der Waals surface area contributed by atoms with E-state index in [-0.39, 0.29) is 23.4 Å². The first-order valence-corrected chi connectivity index (χ1v) is 17.4. The molecule has 1 fully saturated rings. The number of aryl methyl sites for hydroxylation is 1. The van der Waals surface area contributed by atoms with Crippen molar-refractivity contribution >= 4 is 66.7 Å². The predicted molar refractivity (Wildman–Crippen MR) is 176 cm³/mol. The number of halogens is 3. The Morgan fingerprint density at radius 2 is 1.70 bits per heavy atom. The molecule has 230 valence electrons. The number of sulfonamides is 1. The molecule has 1 saturated carbocycles. The van der Waals surface area contributed by atoms with Gasteiger partial charge in [-0.15, -0.1) is 0 Å². The monoisotopic (exact) mass is 707 g/mol. The van der Waals surface area contributed by atoms with Crippen LogP contribution in [0.15, 0.2) is 76.1 Å². The van der Waals surface area contributed by atoms with Crippen LogP contribution >= 0.6 is 39.1 Å². The molecule has 4 rings (SSSR count). The van der Waals surface area contributed by atoms with Gasteiger partial charge in [-0.1, -0.05) is 95.1 Å². The smallest absolute Gasteiger partial charge is 0.264 e. The molecule has 1 aliphatic rings. The maximum Gasteiger partial charge on any atom is 0.264 e. The molecule has 0 saturated heterocycles. The molecule has 43 heavy (non-hydrogen) atoms. The number of anilines is 1. The van der Waals surface area contributed by atoms with E-state index in [0.29, 0.717) is 32.2 Å². The lowest BCUT2D eigenvalue weighted by molar-refractivity contribution is -0.140. The summed E-state index contributed by atoms with van der Waals surface area (Å²) in [5, 5.41) is 3.94. The standard InChI is InChI=1S/C32H36BrCl2N3O4S/c1-3-30(32(40)36-26-9-5-4-6-10-26)37(20-23-14-15-25(34)19-29(23)35)31(39)21-38(27-11-7-8-24(33)18-27)43(41,42)28-16-12-22(2)13-17-28/h7-8,11-19,26,30H,3-6,9-10,20-21H2,1-2H3,(H,36,40)/t30-/m1/s1. The summed E-state index contributed by atoms with van der Waals surface area (Å²) in [5.74, 6) is -0.796. The first-order chi connectivity index (χ1) is 20.5. The van der Waals surface area contributed by atoms with Gasteiger partial charge in [0.15, 0.2) is 0 Å². The van der Waals surface area contributed by atoms with Crippen LogP contribution in [0.25, 0.3) is 0 Å². The largest absolute Gasteiger partial charge is 0.352 e. The molecule has 0 radical (unpaired) electrons. The van der Waals surface area contributed by atoms with Crippen LogP contribution in [0.2, 0.25) is 10.0 Å². The molecule has 1 N–H and O–H groups in total. The lowest BCUT2D eigenvalue weighted by atomic mass is 9.95. The molecule has 1 aliphatic carbocycles. The topological polar surface area (TPSA) is 86.8 Å². The number of amides is 2. The van der Waals surface area contributed by atoms with E-state index in [9.17, 15) is 18.0 Å². The van der Waals surface area contributed by atoms with E-state index in [0.717, 1.165) is 42.0 Å². The minimum atomic E-state index is -4.16. The van der Waals surface area contributed by atoms with Crippen molar-refractivity contribution in [3.8, 4) is 0 Å². The summed E-state index contributed by atoms with van der Waals surface area (Å²) in [7, 11) is -4.16. The van der Waals surface area contributed by atoms with Crippen molar-refractivity contribution in [3.63, 3.8) is 0 Å². The molecule has 0 heterocycles. The Hall–Kier alpha value is -2.59. The predicted octanol–water partition coefficient (Wildman–Crippen LogP) is 7.52. The van der Waals surface area contributed by atoms with Crippen LogP contribution in [0.5, 0.6) is 0 Å². The molecule has 0 bridgehead atoms. The molecule has 2 amide bonds. The van der Waals surface area contributed by atoms with Crippen molar-refractivity contribution in [2.24, 2.45) is 0 Å². The molecule has 3 aromatic rings. The van der Waals surface area contributed by atoms with Gasteiger partial charge in [0.2, 0.25) is 11.8 Å². The summed E-state index contributed by atoms with van der Waals surface area (Å²) < 4.78 is 29.8. The second-order valence-corrected chi connectivity index (χ2v) is 14.5. The van der Waals surface area contributed by atoms with Gasteiger partial charge in [0.05, 0.1) is 10.6 Å². The highest BCUT2D eigenvalue weighted by atomic mass is 79.9. The van der Waals surface area contributed by atoms with E-state index in [2.05, 4.69) is 21.2 Å². The zero-order chi connectivity index (χ0) is 31.1. The molecule has 3 aromatic carbocycles. The minimum Gasteiger partial charge on any atom is -0.352 e. The number of nitrogens with one attached hydrogen (secondary N) is 1. The normalized spacial score (nSPS) is 14.6. The maximum absolute atomic E-state index is 14.3. The third-order valence-electron chi connectivity index (χ3n) is 7.68. The van der Waals surface area contributed by atoms with Crippen molar-refractivity contribution in [2.45, 2.75) is 75.9 Å². The van der Waals surface area contributed by atoms with Gasteiger partial charge in [-0.3, -0.25) is 13.9 Å². The zero-order valence-electron chi connectivity index (χ0n) is 24.2. The fourth-order valence-corrected chi connectivity index (χ4v) is 7.56. The van der Waals surface area contributed by atoms with Gasteiger partial charge in [0, 0.05) is 27.1 Å². The molecule has 0 aromatic heterocycles. The summed E-state index contributed by atoms with van der Waals surface area (Å²) in [6.07, 6.45) is 5.35. The third kappa shape index (κ3) is 8.53. The SMILES string of the molecule is CC[C@H](C(=O)NC1CCCCC1)N(Cc1ccc(Cl)cc1Cl)C(=O)CN(c1cccc(Br)c1)S(=O)(=O)c1ccc(C)cc1. The van der Waals surface area contributed by atoms with Crippen LogP contribution < -0.4 is 9.62 Å². The summed E-state index contributed by atoms with van der Waals surface area (Å²) in [4.78, 5) is 29.4. The Morgan fingerprint density at radius 3 is 2.33 bits per heavy atom. The number of carbonyl (C=O) groups excluding carboxylic acids is 2. The number of nitrogens with zero attached hydrogens (tertiary/aromatic N) is 2. The van der Waals surface area contributed by atoms with Gasteiger partial charge < -0.3 is 10.2 Å². The van der Waals surface area contributed by atoms with Crippen molar-refractivity contribution in [2.75, 3.05) is 10.8 Å². The molecule has 0 aliphatic heterocycles. The summed E-state index contributed by atoms with van der Waals surface area (Å²) in [6.45, 7) is 3.19. The molecule has 11 heteroatoms. The van der Waals surface area contributed by atoms with E-state index in [1.807, 2.05) is 13.8 Å². The Morgan fingerprint density at radius 1 is 1.00 bits per heavy atom. The third-order valence-corrected chi connectivity index (χ3v) is 10.5. The van der Waals surface area contributed by atoms with E-state index in [1.165, 1.54) is 17.0 Å². The Balaban J connectivity index is 1.73. The molecule has 1 atom stereocenters. The fraction of sp³-hybridized carbons (Fsp3) is 0.375. The average Bonchev–Trinajstić information content (AvgIpc) is 2.97. The van der Waals surface area contributed by atoms with E-state index in [1.54, 1.807) is 54.6 Å². The van der Waals surface area contributed by atoms with Crippen LogP contribution in [0.1, 0.15) is 56.6 Å². The Kier molecular flexibility index (Phi) is 11.6. The summed E-state index contributed by atoms with van der Waals surface area (Å²) in [5.41, 5.74) is 1.82. The highest BCUT2D eigenvalue weighted by Gasteiger charge is 2.34. The van der Waals surface area contributed by atoms with Crippen LogP contribution in [-0.2, 0) is 26.2 Å². The zero-order valence-corrected chi connectivity index (χ0v) is 28.1. The van der Waals surface area contributed by atoms with Crippen molar-refractivity contribution in [1.82, 2.24) is 10.2 Å². The van der Waals surface area contributed by atoms with Gasteiger partial charge in [-0.2, -0.15) is 0 Å². The molecule has 0 unspecified atom stereocenters. The quantitative estimate of drug-likeness (QED) is 0.223. The number of benzene rings is 3. The lowest BCUT2D eigenvalue weighted by Crippen LogP contribution is -2.54. The number of rotatable bonds is 11. The lowest BCUT2D eigenvalue weighted by Gasteiger charge is -2.34. The fourth-order valence-electron chi connectivity index (χ4n) is 5.29. The second-order valence-electron chi connectivity index (χ2n) is 10.8. The Bertz CT molecular complexity index is 1550. The second kappa shape index (κ2) is 14.9. The Labute approximate surface area is 272 Å². The highest BCUT2D eigenvalue weighted by molar-refractivity contribution is 9.10. The minimum absolute atomic E-state index is 0.00231. The average molecular weight is 710 g/mol. The molecule has 0 spiro atoms. The van der Waals surface area contributed by atoms with Gasteiger partial charge >= 0.3 is 0 Å². The van der Waals surface area contributed by atoms with Gasteiger partial charge in [0.1, 0.15) is 12.6 Å². The molecular weight excluding hydrogens is 673 g/mol. The summed E-state index contributed by atoms with van der Waals surface area (Å²) in [6, 6.07) is 17.4. The van der Waals surface area contributed by atoms with Crippen molar-refractivity contribution in [3.05, 3.63) is 92.4 Å². The van der Waals surface area contributed by atoms with E-state index >= 15 is 0 Å². The van der Waals surface area contributed by atoms with E-state index < -0.39 is 28.5 Å². The highest BCUT2D eigenvalue weighted by Crippen LogP contribution is 2.29. The van der Waals surface area contributed by atoms with Crippen molar-refractivity contribution < 1.29 is 18.0 Å². The molecule has 7 nitrogen and oxygen atoms in total. The van der Waals surface area contributed by atoms with Crippen LogP contribution in [0, 0.1) is 6.92 Å². The first-order valence-electron chi connectivity index (χ1n) is 14.4. The summed E-state index contributed by atoms with van der Waals surface area (Å²) >= 11 is 16.1. The van der Waals surface area contributed by atoms with Gasteiger partial charge in [-0.25, -0.2) is 8.42 Å². The van der Waals surface area contributed by atoms with Gasteiger partial charge in [-0.05, 0) is 74.2 Å². The van der Waals surface area contributed by atoms with Gasteiger partial charge in [0.25, 0.3) is 10.0 Å².